The second kappa shape index (κ2) is 16.2. The molecule has 0 aromatic heterocycles. The smallest absolute Gasteiger partial charge is 0.0465 e. The summed E-state index contributed by atoms with van der Waals surface area (Å²) in [6.07, 6.45) is 13.4. The first-order chi connectivity index (χ1) is 32.2. The molecule has 7 aromatic carbocycles. The van der Waals surface area contributed by atoms with Crippen molar-refractivity contribution in [2.45, 2.75) is 108 Å². The fourth-order valence-corrected chi connectivity index (χ4v) is 14.7. The molecule has 5 saturated carbocycles. The molecule has 0 N–H and O–H groups in total. The maximum absolute atomic E-state index is 2.55. The first kappa shape index (κ1) is 41.6. The zero-order chi connectivity index (χ0) is 44.6. The van der Waals surface area contributed by atoms with Crippen LogP contribution in [0.4, 0.5) is 34.1 Å². The summed E-state index contributed by atoms with van der Waals surface area (Å²) in [6, 6.07) is 67.3. The lowest BCUT2D eigenvalue weighted by atomic mass is 9.48. The van der Waals surface area contributed by atoms with Gasteiger partial charge in [0, 0.05) is 45.0 Å². The van der Waals surface area contributed by atoms with Crippen LogP contribution in [0.1, 0.15) is 120 Å². The minimum atomic E-state index is -0.0736. The van der Waals surface area contributed by atoms with Crippen molar-refractivity contribution >= 4 is 34.1 Å². The molecule has 0 radical (unpaired) electrons. The lowest BCUT2D eigenvalue weighted by Gasteiger charge is -2.57. The van der Waals surface area contributed by atoms with Gasteiger partial charge in [-0.25, -0.2) is 0 Å². The molecule has 6 aliphatic rings. The van der Waals surface area contributed by atoms with E-state index in [4.69, 9.17) is 0 Å². The number of nitrogens with zero attached hydrogens (tertiary/aromatic N) is 2. The van der Waals surface area contributed by atoms with Gasteiger partial charge in [0.15, 0.2) is 0 Å². The van der Waals surface area contributed by atoms with E-state index in [1.54, 1.807) is 5.56 Å². The van der Waals surface area contributed by atoms with Crippen LogP contribution in [0, 0.1) is 29.6 Å². The molecule has 0 saturated heterocycles. The van der Waals surface area contributed by atoms with Crippen LogP contribution in [-0.4, -0.2) is 0 Å². The number of benzene rings is 7. The van der Waals surface area contributed by atoms with Crippen molar-refractivity contribution in [3.63, 3.8) is 0 Å². The van der Waals surface area contributed by atoms with E-state index in [0.717, 1.165) is 36.5 Å². The highest BCUT2D eigenvalue weighted by Gasteiger charge is 2.51. The summed E-state index contributed by atoms with van der Waals surface area (Å²) in [5, 5.41) is 0. The SMILES string of the molecule is CC(C)C1CCC(c2ccc(N(c3ccccc3)c3ccccc3)cc2)(c2ccc(N(c3ccc(C45CC6CC(CC(C6)C4)C5)cc3)c3ccc4c(c3)C(C)(C)c3ccccc3-4)cc2)CC1. The average molecular weight is 863 g/mol. The van der Waals surface area contributed by atoms with Crippen LogP contribution in [0.3, 0.4) is 0 Å². The Morgan fingerprint density at radius 3 is 1.33 bits per heavy atom. The lowest BCUT2D eigenvalue weighted by molar-refractivity contribution is -0.00518. The van der Waals surface area contributed by atoms with Crippen molar-refractivity contribution < 1.29 is 0 Å². The molecule has 2 nitrogen and oxygen atoms in total. The molecule has 66 heavy (non-hydrogen) atoms. The van der Waals surface area contributed by atoms with Crippen molar-refractivity contribution in [1.82, 2.24) is 0 Å². The summed E-state index contributed by atoms with van der Waals surface area (Å²) in [4.78, 5) is 4.93. The third kappa shape index (κ3) is 6.96. The molecule has 332 valence electrons. The van der Waals surface area contributed by atoms with E-state index in [2.05, 4.69) is 213 Å². The largest absolute Gasteiger partial charge is 0.311 e. The van der Waals surface area contributed by atoms with Gasteiger partial charge in [-0.1, -0.05) is 131 Å². The molecule has 7 aromatic rings. The second-order valence-corrected chi connectivity index (χ2v) is 22.2. The molecule has 0 atom stereocenters. The monoisotopic (exact) mass is 863 g/mol. The van der Waals surface area contributed by atoms with E-state index in [-0.39, 0.29) is 10.8 Å². The zero-order valence-electron chi connectivity index (χ0n) is 39.6. The van der Waals surface area contributed by atoms with E-state index >= 15 is 0 Å². The molecule has 6 aliphatic carbocycles. The third-order valence-corrected chi connectivity index (χ3v) is 17.8. The first-order valence-electron chi connectivity index (χ1n) is 25.4. The third-order valence-electron chi connectivity index (χ3n) is 17.8. The van der Waals surface area contributed by atoms with Gasteiger partial charge < -0.3 is 9.80 Å². The van der Waals surface area contributed by atoms with E-state index in [1.165, 1.54) is 119 Å². The molecule has 0 amide bonds. The van der Waals surface area contributed by atoms with Crippen LogP contribution in [0.2, 0.25) is 0 Å². The average Bonchev–Trinajstić information content (AvgIpc) is 3.57. The number of anilines is 6. The lowest BCUT2D eigenvalue weighted by Crippen LogP contribution is -2.48. The molecule has 0 aliphatic heterocycles. The van der Waals surface area contributed by atoms with Gasteiger partial charge >= 0.3 is 0 Å². The van der Waals surface area contributed by atoms with Gasteiger partial charge in [0.05, 0.1) is 0 Å². The molecule has 0 unspecified atom stereocenters. The number of fused-ring (bicyclic) bond motifs is 3. The highest BCUT2D eigenvalue weighted by Crippen LogP contribution is 2.61. The Morgan fingerprint density at radius 1 is 0.424 bits per heavy atom. The number of hydrogen-bond donors (Lipinski definition) is 0. The number of para-hydroxylation sites is 2. The number of hydrogen-bond acceptors (Lipinski definition) is 2. The van der Waals surface area contributed by atoms with Gasteiger partial charge in [-0.05, 0) is 211 Å². The molecule has 0 heterocycles. The van der Waals surface area contributed by atoms with Gasteiger partial charge in [-0.2, -0.15) is 0 Å². The van der Waals surface area contributed by atoms with Crippen molar-refractivity contribution in [2.75, 3.05) is 9.80 Å². The Hall–Kier alpha value is -5.86. The molecule has 5 fully saturated rings. The number of rotatable bonds is 10. The Kier molecular flexibility index (Phi) is 10.2. The van der Waals surface area contributed by atoms with E-state index in [0.29, 0.717) is 11.3 Å². The minimum Gasteiger partial charge on any atom is -0.311 e. The van der Waals surface area contributed by atoms with Crippen LogP contribution >= 0.6 is 0 Å². The molecular formula is C64H66N2. The molecule has 2 heteroatoms. The van der Waals surface area contributed by atoms with Crippen LogP contribution < -0.4 is 9.80 Å². The predicted octanol–water partition coefficient (Wildman–Crippen LogP) is 17.5. The van der Waals surface area contributed by atoms with Gasteiger partial charge in [-0.3, -0.25) is 0 Å². The maximum Gasteiger partial charge on any atom is 0.0465 e. The van der Waals surface area contributed by atoms with E-state index in [9.17, 15) is 0 Å². The van der Waals surface area contributed by atoms with Crippen LogP contribution in [0.25, 0.3) is 11.1 Å². The minimum absolute atomic E-state index is 0.0551. The van der Waals surface area contributed by atoms with Crippen LogP contribution in [0.15, 0.2) is 176 Å². The van der Waals surface area contributed by atoms with Gasteiger partial charge in [-0.15, -0.1) is 0 Å². The highest BCUT2D eigenvalue weighted by atomic mass is 15.1. The second-order valence-electron chi connectivity index (χ2n) is 22.2. The summed E-state index contributed by atoms with van der Waals surface area (Å²) < 4.78 is 0. The quantitative estimate of drug-likeness (QED) is 0.135. The first-order valence-corrected chi connectivity index (χ1v) is 25.4. The fourth-order valence-electron chi connectivity index (χ4n) is 14.7. The van der Waals surface area contributed by atoms with Crippen LogP contribution in [0.5, 0.6) is 0 Å². The predicted molar refractivity (Wildman–Crippen MR) is 277 cm³/mol. The van der Waals surface area contributed by atoms with Crippen molar-refractivity contribution in [3.8, 4) is 11.1 Å². The summed E-state index contributed by atoms with van der Waals surface area (Å²) >= 11 is 0. The Bertz CT molecular complexity index is 2750. The van der Waals surface area contributed by atoms with Gasteiger partial charge in [0.1, 0.15) is 0 Å². The normalized spacial score (nSPS) is 25.7. The molecular weight excluding hydrogens is 797 g/mol. The fraction of sp³-hybridized carbons (Fsp3) is 0.344. The van der Waals surface area contributed by atoms with Crippen molar-refractivity contribution in [2.24, 2.45) is 29.6 Å². The van der Waals surface area contributed by atoms with Crippen LogP contribution in [-0.2, 0) is 16.2 Å². The molecule has 4 bridgehead atoms. The summed E-state index contributed by atoms with van der Waals surface area (Å²) in [6.45, 7) is 9.65. The topological polar surface area (TPSA) is 6.48 Å². The Morgan fingerprint density at radius 2 is 0.833 bits per heavy atom. The summed E-state index contributed by atoms with van der Waals surface area (Å²) in [5.41, 5.74) is 17.5. The summed E-state index contributed by atoms with van der Waals surface area (Å²) in [7, 11) is 0. The standard InChI is InChI=1S/C64H66N2/c1-44(2)48-33-35-64(36-34-48,50-21-27-54(28-22-50)65(52-13-7-5-8-14-52)53-15-9-6-10-16-53)51-23-29-56(30-24-51)66(57-31-32-59-58-17-11-12-18-60(58)62(3,4)61(59)40-57)55-25-19-49(20-26-55)63-41-45-37-46(42-63)39-47(38-45)43-63/h5-32,40,44-48H,33-39,41-43H2,1-4H3. The summed E-state index contributed by atoms with van der Waals surface area (Å²) in [5.74, 6) is 4.26. The van der Waals surface area contributed by atoms with E-state index < -0.39 is 0 Å². The molecule has 0 spiro atoms. The van der Waals surface area contributed by atoms with Crippen molar-refractivity contribution in [3.05, 3.63) is 204 Å². The van der Waals surface area contributed by atoms with E-state index in [1.807, 2.05) is 0 Å². The Balaban J connectivity index is 0.927. The Labute approximate surface area is 394 Å². The maximum atomic E-state index is 2.55. The van der Waals surface area contributed by atoms with Gasteiger partial charge in [0.25, 0.3) is 0 Å². The van der Waals surface area contributed by atoms with Gasteiger partial charge in [0.2, 0.25) is 0 Å². The zero-order valence-corrected chi connectivity index (χ0v) is 39.6. The highest BCUT2D eigenvalue weighted by molar-refractivity contribution is 5.86. The molecule has 13 rings (SSSR count). The van der Waals surface area contributed by atoms with Crippen molar-refractivity contribution in [1.29, 1.82) is 0 Å².